The quantitative estimate of drug-likeness (QED) is 0.674. The van der Waals surface area contributed by atoms with Gasteiger partial charge in [0.1, 0.15) is 0 Å². The minimum Gasteiger partial charge on any atom is -0.383 e. The van der Waals surface area contributed by atoms with Gasteiger partial charge in [0.05, 0.1) is 6.61 Å². The Morgan fingerprint density at radius 1 is 1.24 bits per heavy atom. The molecule has 0 aliphatic carbocycles. The van der Waals surface area contributed by atoms with Crippen molar-refractivity contribution in [1.29, 1.82) is 0 Å². The molecule has 0 aromatic carbocycles. The number of nitrogens with one attached hydrogen (secondary N) is 1. The van der Waals surface area contributed by atoms with Gasteiger partial charge in [-0.1, -0.05) is 20.8 Å². The average Bonchev–Trinajstić information content (AvgIpc) is 2.26. The van der Waals surface area contributed by atoms with Crippen molar-refractivity contribution in [3.8, 4) is 0 Å². The number of nitrogens with zero attached hydrogens (tertiary/aromatic N) is 1. The summed E-state index contributed by atoms with van der Waals surface area (Å²) in [5.41, 5.74) is 0.225. The molecule has 0 aliphatic rings. The van der Waals surface area contributed by atoms with Crippen molar-refractivity contribution < 1.29 is 4.74 Å². The Balaban J connectivity index is 4.30. The predicted molar refractivity (Wildman–Crippen MR) is 75.5 cm³/mol. The molecule has 1 N–H and O–H groups in total. The Bertz CT molecular complexity index is 193. The molecule has 0 saturated heterocycles. The van der Waals surface area contributed by atoms with E-state index in [1.165, 1.54) is 0 Å². The fraction of sp³-hybridized carbons (Fsp3) is 1.00. The molecule has 0 rings (SSSR count). The minimum absolute atomic E-state index is 0.225. The summed E-state index contributed by atoms with van der Waals surface area (Å²) in [5.74, 6) is 0.697. The highest BCUT2D eigenvalue weighted by atomic mass is 16.5. The molecular weight excluding hydrogens is 212 g/mol. The van der Waals surface area contributed by atoms with Crippen LogP contribution >= 0.6 is 0 Å². The van der Waals surface area contributed by atoms with Crippen molar-refractivity contribution in [2.45, 2.75) is 52.6 Å². The van der Waals surface area contributed by atoms with Crippen molar-refractivity contribution in [1.82, 2.24) is 10.2 Å². The number of hydrogen-bond acceptors (Lipinski definition) is 3. The van der Waals surface area contributed by atoms with Crippen LogP contribution in [-0.4, -0.2) is 50.3 Å². The predicted octanol–water partition coefficient (Wildman–Crippen LogP) is 2.37. The molecule has 0 radical (unpaired) electrons. The van der Waals surface area contributed by atoms with Crippen LogP contribution in [0.5, 0.6) is 0 Å². The number of hydrogen-bond donors (Lipinski definition) is 1. The Hall–Kier alpha value is -0.120. The van der Waals surface area contributed by atoms with Crippen LogP contribution in [0.15, 0.2) is 0 Å². The van der Waals surface area contributed by atoms with E-state index in [1.807, 2.05) is 0 Å². The Labute approximate surface area is 108 Å². The van der Waals surface area contributed by atoms with Crippen molar-refractivity contribution in [2.24, 2.45) is 5.92 Å². The van der Waals surface area contributed by atoms with Gasteiger partial charge in [-0.15, -0.1) is 0 Å². The zero-order chi connectivity index (χ0) is 13.5. The zero-order valence-corrected chi connectivity index (χ0v) is 12.8. The molecule has 3 heteroatoms. The van der Waals surface area contributed by atoms with Gasteiger partial charge >= 0.3 is 0 Å². The van der Waals surface area contributed by atoms with Gasteiger partial charge < -0.3 is 10.1 Å². The second-order valence-electron chi connectivity index (χ2n) is 5.94. The molecule has 3 nitrogen and oxygen atoms in total. The van der Waals surface area contributed by atoms with Gasteiger partial charge in [-0.25, -0.2) is 0 Å². The van der Waals surface area contributed by atoms with E-state index in [9.17, 15) is 0 Å². The van der Waals surface area contributed by atoms with Crippen LogP contribution in [0.3, 0.4) is 0 Å². The van der Waals surface area contributed by atoms with E-state index in [-0.39, 0.29) is 5.54 Å². The van der Waals surface area contributed by atoms with Crippen LogP contribution in [0.25, 0.3) is 0 Å². The van der Waals surface area contributed by atoms with E-state index in [0.29, 0.717) is 12.0 Å². The molecule has 104 valence electrons. The first kappa shape index (κ1) is 16.9. The number of likely N-dealkylation sites (N-methyl/N-ethyl adjacent to an activating group) is 1. The first-order valence-electron chi connectivity index (χ1n) is 6.77. The fourth-order valence-corrected chi connectivity index (χ4v) is 1.78. The maximum Gasteiger partial charge on any atom is 0.0630 e. The molecule has 0 saturated carbocycles. The molecule has 0 aromatic heterocycles. The molecule has 1 unspecified atom stereocenters. The molecule has 0 bridgehead atoms. The average molecular weight is 244 g/mol. The van der Waals surface area contributed by atoms with E-state index < -0.39 is 0 Å². The highest BCUT2D eigenvalue weighted by molar-refractivity contribution is 4.84. The maximum atomic E-state index is 5.34. The summed E-state index contributed by atoms with van der Waals surface area (Å²) in [4.78, 5) is 2.43. The third-order valence-corrected chi connectivity index (χ3v) is 3.66. The lowest BCUT2D eigenvalue weighted by Gasteiger charge is -2.40. The monoisotopic (exact) mass is 244 g/mol. The smallest absolute Gasteiger partial charge is 0.0630 e. The first-order chi connectivity index (χ1) is 7.85. The largest absolute Gasteiger partial charge is 0.383 e. The first-order valence-corrected chi connectivity index (χ1v) is 6.77. The number of ether oxygens (including phenoxy) is 1. The molecule has 0 aromatic rings. The van der Waals surface area contributed by atoms with E-state index >= 15 is 0 Å². The van der Waals surface area contributed by atoms with Crippen LogP contribution in [0.1, 0.15) is 41.0 Å². The van der Waals surface area contributed by atoms with Crippen molar-refractivity contribution in [2.75, 3.05) is 33.9 Å². The summed E-state index contributed by atoms with van der Waals surface area (Å²) in [6.45, 7) is 14.1. The Morgan fingerprint density at radius 2 is 1.82 bits per heavy atom. The topological polar surface area (TPSA) is 24.5 Å². The van der Waals surface area contributed by atoms with E-state index in [4.69, 9.17) is 4.74 Å². The van der Waals surface area contributed by atoms with Gasteiger partial charge in [0.15, 0.2) is 0 Å². The van der Waals surface area contributed by atoms with Crippen molar-refractivity contribution in [3.63, 3.8) is 0 Å². The van der Waals surface area contributed by atoms with Gasteiger partial charge in [-0.3, -0.25) is 4.90 Å². The molecule has 17 heavy (non-hydrogen) atoms. The van der Waals surface area contributed by atoms with E-state index in [0.717, 1.165) is 26.1 Å². The van der Waals surface area contributed by atoms with Gasteiger partial charge in [-0.2, -0.15) is 0 Å². The highest BCUT2D eigenvalue weighted by Gasteiger charge is 2.27. The second kappa shape index (κ2) is 8.06. The standard InChI is InChI=1S/C14H32N2O/c1-8-14(4,5)16(6)13(11-17-7)10-15-9-12(2)3/h12-13,15H,8-11H2,1-7H3. The van der Waals surface area contributed by atoms with Gasteiger partial charge in [0, 0.05) is 25.2 Å². The molecule has 1 atom stereocenters. The summed E-state index contributed by atoms with van der Waals surface area (Å²) >= 11 is 0. The van der Waals surface area contributed by atoms with Gasteiger partial charge in [-0.05, 0) is 39.8 Å². The van der Waals surface area contributed by atoms with Crippen molar-refractivity contribution in [3.05, 3.63) is 0 Å². The van der Waals surface area contributed by atoms with Crippen molar-refractivity contribution >= 4 is 0 Å². The van der Waals surface area contributed by atoms with Crippen LogP contribution < -0.4 is 5.32 Å². The third kappa shape index (κ3) is 6.39. The summed E-state index contributed by atoms with van der Waals surface area (Å²) in [7, 11) is 3.98. The molecule has 0 amide bonds. The van der Waals surface area contributed by atoms with Crippen LogP contribution in [0.2, 0.25) is 0 Å². The number of rotatable bonds is 9. The molecule has 0 aliphatic heterocycles. The second-order valence-corrected chi connectivity index (χ2v) is 5.94. The molecule has 0 heterocycles. The maximum absolute atomic E-state index is 5.34. The zero-order valence-electron chi connectivity index (χ0n) is 12.8. The Kier molecular flexibility index (Phi) is 8.01. The van der Waals surface area contributed by atoms with Crippen LogP contribution in [-0.2, 0) is 4.74 Å². The normalized spacial score (nSPS) is 14.6. The van der Waals surface area contributed by atoms with Gasteiger partial charge in [0.2, 0.25) is 0 Å². The SMILES string of the molecule is CCC(C)(C)N(C)C(CNCC(C)C)COC. The third-order valence-electron chi connectivity index (χ3n) is 3.66. The lowest BCUT2D eigenvalue weighted by atomic mass is 9.98. The minimum atomic E-state index is 0.225. The summed E-state index contributed by atoms with van der Waals surface area (Å²) in [6.07, 6.45) is 1.15. The fourth-order valence-electron chi connectivity index (χ4n) is 1.78. The summed E-state index contributed by atoms with van der Waals surface area (Å²) in [6, 6.07) is 0.439. The van der Waals surface area contributed by atoms with E-state index in [2.05, 4.69) is 51.9 Å². The highest BCUT2D eigenvalue weighted by Crippen LogP contribution is 2.19. The van der Waals surface area contributed by atoms with Gasteiger partial charge in [0.25, 0.3) is 0 Å². The molecular formula is C14H32N2O. The number of methoxy groups -OCH3 is 1. The summed E-state index contributed by atoms with van der Waals surface area (Å²) in [5, 5.41) is 3.53. The van der Waals surface area contributed by atoms with E-state index in [1.54, 1.807) is 7.11 Å². The lowest BCUT2D eigenvalue weighted by Crippen LogP contribution is -2.52. The lowest BCUT2D eigenvalue weighted by molar-refractivity contribution is 0.0415. The Morgan fingerprint density at radius 3 is 2.24 bits per heavy atom. The summed E-state index contributed by atoms with van der Waals surface area (Å²) < 4.78 is 5.34. The molecule has 0 spiro atoms. The van der Waals surface area contributed by atoms with Crippen LogP contribution in [0, 0.1) is 5.92 Å². The van der Waals surface area contributed by atoms with Crippen LogP contribution in [0.4, 0.5) is 0 Å². The molecule has 0 fully saturated rings.